The lowest BCUT2D eigenvalue weighted by atomic mass is 9.85. The minimum absolute atomic E-state index is 0.699. The van der Waals surface area contributed by atoms with E-state index in [1.807, 2.05) is 0 Å². The van der Waals surface area contributed by atoms with Crippen molar-refractivity contribution in [1.29, 1.82) is 0 Å². The van der Waals surface area contributed by atoms with Crippen molar-refractivity contribution in [1.82, 2.24) is 15.0 Å². The van der Waals surface area contributed by atoms with E-state index < -0.39 is 0 Å². The maximum absolute atomic E-state index is 5.27. The van der Waals surface area contributed by atoms with Gasteiger partial charge in [-0.15, -0.1) is 0 Å². The quantitative estimate of drug-likeness (QED) is 0.170. The first-order valence-corrected chi connectivity index (χ1v) is 19.9. The fourth-order valence-electron chi connectivity index (χ4n) is 9.55. The summed E-state index contributed by atoms with van der Waals surface area (Å²) in [5, 5.41) is 12.9. The molecule has 0 radical (unpaired) electrons. The van der Waals surface area contributed by atoms with Gasteiger partial charge in [-0.25, -0.2) is 15.0 Å². The molecule has 0 aliphatic heterocycles. The second-order valence-corrected chi connectivity index (χ2v) is 15.3. The Morgan fingerprint density at radius 1 is 0.404 bits per heavy atom. The average molecular weight is 726 g/mol. The number of nitrogens with zero attached hydrogens (tertiary/aromatic N) is 3. The van der Waals surface area contributed by atoms with Gasteiger partial charge in [-0.3, -0.25) is 0 Å². The van der Waals surface area contributed by atoms with Gasteiger partial charge in [0.25, 0.3) is 0 Å². The van der Waals surface area contributed by atoms with Gasteiger partial charge in [0.05, 0.1) is 0 Å². The molecule has 0 fully saturated rings. The Balaban J connectivity index is 1.02. The number of hydrogen-bond acceptors (Lipinski definition) is 3. The van der Waals surface area contributed by atoms with Gasteiger partial charge in [0.1, 0.15) is 0 Å². The highest BCUT2D eigenvalue weighted by Gasteiger charge is 2.24. The summed E-state index contributed by atoms with van der Waals surface area (Å²) < 4.78 is 0. The first-order chi connectivity index (χ1) is 28.3. The van der Waals surface area contributed by atoms with Crippen molar-refractivity contribution in [3.63, 3.8) is 0 Å². The van der Waals surface area contributed by atoms with Crippen LogP contribution in [0.2, 0.25) is 0 Å². The third-order valence-electron chi connectivity index (χ3n) is 12.2. The largest absolute Gasteiger partial charge is 0.209 e. The van der Waals surface area contributed by atoms with E-state index in [9.17, 15) is 0 Å². The molecule has 0 atom stereocenters. The van der Waals surface area contributed by atoms with Gasteiger partial charge in [-0.05, 0) is 130 Å². The SMILES string of the molecule is C1=CCC=C(c2nc(C3=CC=C(c4cc5c6ccccc6c6ccccc6c5c5ccccc45)CC3)nc(-c3cc4c5c(cccc5c3)-c3ccccc3-4)n2)C=C1. The molecule has 57 heavy (non-hydrogen) atoms. The molecule has 0 spiro atoms. The predicted octanol–water partition coefficient (Wildman–Crippen LogP) is 14.1. The van der Waals surface area contributed by atoms with E-state index in [2.05, 4.69) is 176 Å². The molecule has 0 unspecified atom stereocenters. The lowest BCUT2D eigenvalue weighted by molar-refractivity contribution is 0.964. The van der Waals surface area contributed by atoms with Crippen LogP contribution in [0.4, 0.5) is 0 Å². The summed E-state index contributed by atoms with van der Waals surface area (Å²) in [5.74, 6) is 2.14. The van der Waals surface area contributed by atoms with E-state index in [0.29, 0.717) is 11.6 Å². The van der Waals surface area contributed by atoms with E-state index in [-0.39, 0.29) is 0 Å². The summed E-state index contributed by atoms with van der Waals surface area (Å²) in [4.78, 5) is 15.6. The van der Waals surface area contributed by atoms with Crippen molar-refractivity contribution in [2.24, 2.45) is 0 Å². The smallest absolute Gasteiger partial charge is 0.164 e. The molecule has 3 heteroatoms. The Bertz CT molecular complexity index is 3370. The molecule has 0 saturated carbocycles. The van der Waals surface area contributed by atoms with Crippen molar-refractivity contribution < 1.29 is 0 Å². The van der Waals surface area contributed by atoms with Crippen molar-refractivity contribution in [2.45, 2.75) is 19.3 Å². The topological polar surface area (TPSA) is 38.7 Å². The second kappa shape index (κ2) is 12.7. The Kier molecular flexibility index (Phi) is 7.12. The molecule has 9 aromatic rings. The van der Waals surface area contributed by atoms with Crippen LogP contribution < -0.4 is 0 Å². The fourth-order valence-corrected chi connectivity index (χ4v) is 9.55. The zero-order valence-corrected chi connectivity index (χ0v) is 31.2. The molecule has 0 bridgehead atoms. The van der Waals surface area contributed by atoms with Crippen LogP contribution in [0.3, 0.4) is 0 Å². The first-order valence-electron chi connectivity index (χ1n) is 19.9. The molecule has 266 valence electrons. The van der Waals surface area contributed by atoms with Crippen LogP contribution in [0.1, 0.15) is 36.5 Å². The molecular formula is C54H35N3. The molecule has 1 heterocycles. The predicted molar refractivity (Wildman–Crippen MR) is 240 cm³/mol. The molecule has 8 aromatic carbocycles. The summed E-state index contributed by atoms with van der Waals surface area (Å²) in [5.41, 5.74) is 10.8. The van der Waals surface area contributed by atoms with Gasteiger partial charge in [0.2, 0.25) is 0 Å². The highest BCUT2D eigenvalue weighted by molar-refractivity contribution is 6.32. The van der Waals surface area contributed by atoms with Gasteiger partial charge in [0.15, 0.2) is 17.5 Å². The van der Waals surface area contributed by atoms with Crippen LogP contribution in [-0.4, -0.2) is 15.0 Å². The average Bonchev–Trinajstić information content (AvgIpc) is 3.40. The number of rotatable bonds is 4. The minimum Gasteiger partial charge on any atom is -0.209 e. The number of hydrogen-bond donors (Lipinski definition) is 0. The van der Waals surface area contributed by atoms with E-state index in [1.54, 1.807) is 0 Å². The second-order valence-electron chi connectivity index (χ2n) is 15.3. The van der Waals surface area contributed by atoms with Crippen LogP contribution in [0.25, 0.3) is 104 Å². The number of fused-ring (bicyclic) bond motifs is 11. The molecule has 12 rings (SSSR count). The Hall–Kier alpha value is -7.23. The van der Waals surface area contributed by atoms with Crippen LogP contribution in [0.15, 0.2) is 176 Å². The Morgan fingerprint density at radius 2 is 1.02 bits per heavy atom. The molecular weight excluding hydrogens is 691 g/mol. The van der Waals surface area contributed by atoms with Gasteiger partial charge in [-0.2, -0.15) is 0 Å². The molecule has 0 amide bonds. The summed E-state index contributed by atoms with van der Waals surface area (Å²) in [7, 11) is 0. The van der Waals surface area contributed by atoms with Crippen molar-refractivity contribution in [3.05, 3.63) is 193 Å². The van der Waals surface area contributed by atoms with E-state index >= 15 is 0 Å². The van der Waals surface area contributed by atoms with Crippen molar-refractivity contribution >= 4 is 70.6 Å². The molecule has 0 N–H and O–H groups in total. The van der Waals surface area contributed by atoms with Crippen molar-refractivity contribution in [3.8, 4) is 33.6 Å². The van der Waals surface area contributed by atoms with E-state index in [4.69, 9.17) is 15.0 Å². The number of aromatic nitrogens is 3. The molecule has 0 saturated heterocycles. The highest BCUT2D eigenvalue weighted by Crippen LogP contribution is 2.49. The third-order valence-corrected chi connectivity index (χ3v) is 12.2. The number of allylic oxidation sites excluding steroid dienone is 10. The Morgan fingerprint density at radius 3 is 1.81 bits per heavy atom. The maximum Gasteiger partial charge on any atom is 0.164 e. The third kappa shape index (κ3) is 5.02. The maximum atomic E-state index is 5.27. The Labute approximate surface area is 330 Å². The zero-order valence-electron chi connectivity index (χ0n) is 31.2. The summed E-state index contributed by atoms with van der Waals surface area (Å²) in [6.07, 6.45) is 17.7. The van der Waals surface area contributed by atoms with E-state index in [1.165, 1.54) is 87.3 Å². The van der Waals surface area contributed by atoms with Crippen molar-refractivity contribution in [2.75, 3.05) is 0 Å². The van der Waals surface area contributed by atoms with E-state index in [0.717, 1.165) is 41.8 Å². The van der Waals surface area contributed by atoms with Gasteiger partial charge < -0.3 is 0 Å². The minimum atomic E-state index is 0.699. The highest BCUT2D eigenvalue weighted by atomic mass is 15.0. The molecule has 3 aliphatic carbocycles. The van der Waals surface area contributed by atoms with Gasteiger partial charge in [-0.1, -0.05) is 158 Å². The monoisotopic (exact) mass is 725 g/mol. The molecule has 1 aromatic heterocycles. The van der Waals surface area contributed by atoms with Crippen LogP contribution >= 0.6 is 0 Å². The van der Waals surface area contributed by atoms with Crippen LogP contribution in [-0.2, 0) is 0 Å². The lowest BCUT2D eigenvalue weighted by Gasteiger charge is -2.20. The fraction of sp³-hybridized carbons (Fsp3) is 0.0556. The summed E-state index contributed by atoms with van der Waals surface area (Å²) >= 11 is 0. The zero-order chi connectivity index (χ0) is 37.5. The first kappa shape index (κ1) is 32.1. The lowest BCUT2D eigenvalue weighted by Crippen LogP contribution is -2.06. The van der Waals surface area contributed by atoms with Gasteiger partial charge >= 0.3 is 0 Å². The van der Waals surface area contributed by atoms with Crippen LogP contribution in [0, 0.1) is 0 Å². The van der Waals surface area contributed by atoms with Crippen LogP contribution in [0.5, 0.6) is 0 Å². The standard InChI is InChI=1S/C54H35N3/c1-2-4-15-34(14-3-1)52-55-53(57-54(56-52)37-30-36-16-13-25-44-40-19-6-8-21-42(40)48(31-37)50(36)44)35-28-26-33(27-29-35)47-32-49-41-20-7-5-17-38(41)39-18-9-11-23-45(39)51(49)46-24-12-10-22-43(46)47/h1-3,5-26,28,30-32H,4,27,29H2. The molecule has 3 nitrogen and oxygen atoms in total. The normalized spacial score (nSPS) is 14.6. The summed E-state index contributed by atoms with van der Waals surface area (Å²) in [6.45, 7) is 0. The number of benzene rings is 8. The summed E-state index contributed by atoms with van der Waals surface area (Å²) in [6, 6.07) is 48.9. The molecule has 3 aliphatic rings. The van der Waals surface area contributed by atoms with Gasteiger partial charge in [0, 0.05) is 11.1 Å².